The Balaban J connectivity index is 2.72. The van der Waals surface area contributed by atoms with Gasteiger partial charge in [-0.15, -0.1) is 0 Å². The second-order valence-electron chi connectivity index (χ2n) is 6.98. The van der Waals surface area contributed by atoms with Crippen LogP contribution >= 0.6 is 0 Å². The molecule has 0 saturated carbocycles. The SMILES string of the molecule is CC(C)(C)CC(C)(C)NC(=O)c1ccc(CN)cc1. The first kappa shape index (κ1) is 15.7. The zero-order valence-corrected chi connectivity index (χ0v) is 12.7. The number of carbonyl (C=O) groups excluding carboxylic acids is 1. The Morgan fingerprint density at radius 2 is 1.63 bits per heavy atom. The summed E-state index contributed by atoms with van der Waals surface area (Å²) < 4.78 is 0. The van der Waals surface area contributed by atoms with Crippen LogP contribution in [0.1, 0.15) is 57.0 Å². The second kappa shape index (κ2) is 5.74. The van der Waals surface area contributed by atoms with Gasteiger partial charge in [0.1, 0.15) is 0 Å². The van der Waals surface area contributed by atoms with Gasteiger partial charge in [0.05, 0.1) is 0 Å². The molecule has 0 bridgehead atoms. The molecule has 0 aliphatic heterocycles. The third-order valence-electron chi connectivity index (χ3n) is 2.88. The molecule has 0 atom stereocenters. The summed E-state index contributed by atoms with van der Waals surface area (Å²) in [6, 6.07) is 7.44. The van der Waals surface area contributed by atoms with Crippen LogP contribution in [0.25, 0.3) is 0 Å². The summed E-state index contributed by atoms with van der Waals surface area (Å²) >= 11 is 0. The van der Waals surface area contributed by atoms with Gasteiger partial charge in [-0.1, -0.05) is 32.9 Å². The van der Waals surface area contributed by atoms with E-state index in [1.165, 1.54) is 0 Å². The first-order chi connectivity index (χ1) is 8.63. The standard InChI is InChI=1S/C16H26N2O/c1-15(2,3)11-16(4,5)18-14(19)13-8-6-12(10-17)7-9-13/h6-9H,10-11,17H2,1-5H3,(H,18,19). The molecule has 3 nitrogen and oxygen atoms in total. The largest absolute Gasteiger partial charge is 0.347 e. The minimum Gasteiger partial charge on any atom is -0.347 e. The maximum absolute atomic E-state index is 12.2. The lowest BCUT2D eigenvalue weighted by atomic mass is 9.81. The van der Waals surface area contributed by atoms with Gasteiger partial charge in [0.2, 0.25) is 0 Å². The lowest BCUT2D eigenvalue weighted by Gasteiger charge is -2.33. The van der Waals surface area contributed by atoms with Crippen LogP contribution in [0, 0.1) is 5.41 Å². The van der Waals surface area contributed by atoms with Gasteiger partial charge in [-0.3, -0.25) is 4.79 Å². The monoisotopic (exact) mass is 262 g/mol. The molecule has 1 amide bonds. The van der Waals surface area contributed by atoms with Crippen LogP contribution in [0.3, 0.4) is 0 Å². The fourth-order valence-electron chi connectivity index (χ4n) is 2.54. The molecule has 0 saturated heterocycles. The Morgan fingerprint density at radius 1 is 1.11 bits per heavy atom. The second-order valence-corrected chi connectivity index (χ2v) is 6.98. The van der Waals surface area contributed by atoms with Crippen LogP contribution in [-0.2, 0) is 6.54 Å². The van der Waals surface area contributed by atoms with Gasteiger partial charge >= 0.3 is 0 Å². The van der Waals surface area contributed by atoms with Crippen LogP contribution in [0.15, 0.2) is 24.3 Å². The van der Waals surface area contributed by atoms with Crippen LogP contribution in [0.4, 0.5) is 0 Å². The minimum atomic E-state index is -0.220. The van der Waals surface area contributed by atoms with Crippen molar-refractivity contribution in [2.45, 2.75) is 53.1 Å². The number of carbonyl (C=O) groups is 1. The molecule has 0 spiro atoms. The van der Waals surface area contributed by atoms with Crippen molar-refractivity contribution in [3.05, 3.63) is 35.4 Å². The number of rotatable bonds is 4. The molecule has 0 unspecified atom stereocenters. The summed E-state index contributed by atoms with van der Waals surface area (Å²) in [5.74, 6) is -0.0298. The Hall–Kier alpha value is -1.35. The van der Waals surface area contributed by atoms with Crippen molar-refractivity contribution in [1.29, 1.82) is 0 Å². The van der Waals surface area contributed by atoms with E-state index in [1.54, 1.807) is 0 Å². The Morgan fingerprint density at radius 3 is 2.05 bits per heavy atom. The molecule has 1 rings (SSSR count). The highest BCUT2D eigenvalue weighted by atomic mass is 16.1. The molecule has 0 aromatic heterocycles. The molecule has 0 fully saturated rings. The summed E-state index contributed by atoms with van der Waals surface area (Å²) in [5, 5.41) is 3.10. The van der Waals surface area contributed by atoms with Crippen LogP contribution in [-0.4, -0.2) is 11.4 Å². The number of nitrogens with two attached hydrogens (primary N) is 1. The number of hydrogen-bond acceptors (Lipinski definition) is 2. The zero-order valence-electron chi connectivity index (χ0n) is 12.7. The molecule has 0 radical (unpaired) electrons. The summed E-state index contributed by atoms with van der Waals surface area (Å²) in [6.07, 6.45) is 0.923. The van der Waals surface area contributed by atoms with E-state index < -0.39 is 0 Å². The molecular weight excluding hydrogens is 236 g/mol. The number of benzene rings is 1. The average Bonchev–Trinajstić information content (AvgIpc) is 2.25. The molecule has 19 heavy (non-hydrogen) atoms. The van der Waals surface area contributed by atoms with Crippen molar-refractivity contribution < 1.29 is 4.79 Å². The normalized spacial score (nSPS) is 12.3. The highest BCUT2D eigenvalue weighted by Gasteiger charge is 2.27. The lowest BCUT2D eigenvalue weighted by molar-refractivity contribution is 0.0891. The predicted molar refractivity (Wildman–Crippen MR) is 80.0 cm³/mol. The quantitative estimate of drug-likeness (QED) is 0.876. The van der Waals surface area contributed by atoms with Gasteiger partial charge < -0.3 is 11.1 Å². The predicted octanol–water partition coefficient (Wildman–Crippen LogP) is 3.09. The Kier molecular flexibility index (Phi) is 4.75. The Bertz CT molecular complexity index is 427. The number of hydrogen-bond donors (Lipinski definition) is 2. The number of amides is 1. The van der Waals surface area contributed by atoms with Gasteiger partial charge in [0, 0.05) is 17.6 Å². The van der Waals surface area contributed by atoms with Crippen molar-refractivity contribution in [3.63, 3.8) is 0 Å². The third kappa shape index (κ3) is 5.43. The summed E-state index contributed by atoms with van der Waals surface area (Å²) in [6.45, 7) is 11.1. The smallest absolute Gasteiger partial charge is 0.251 e. The Labute approximate surface area is 116 Å². The third-order valence-corrected chi connectivity index (χ3v) is 2.88. The zero-order chi connectivity index (χ0) is 14.7. The average molecular weight is 262 g/mol. The van der Waals surface area contributed by atoms with E-state index in [0.29, 0.717) is 12.1 Å². The van der Waals surface area contributed by atoms with Crippen LogP contribution < -0.4 is 11.1 Å². The van der Waals surface area contributed by atoms with Crippen LogP contribution in [0.5, 0.6) is 0 Å². The fourth-order valence-corrected chi connectivity index (χ4v) is 2.54. The maximum atomic E-state index is 12.2. The minimum absolute atomic E-state index is 0.0298. The molecule has 0 heterocycles. The number of nitrogens with one attached hydrogen (secondary N) is 1. The van der Waals surface area contributed by atoms with Crippen molar-refractivity contribution in [3.8, 4) is 0 Å². The molecule has 3 heteroatoms. The summed E-state index contributed by atoms with van der Waals surface area (Å²) in [5.41, 5.74) is 7.22. The van der Waals surface area contributed by atoms with Crippen molar-refractivity contribution >= 4 is 5.91 Å². The van der Waals surface area contributed by atoms with E-state index >= 15 is 0 Å². The molecule has 3 N–H and O–H groups in total. The van der Waals surface area contributed by atoms with Gasteiger partial charge in [0.25, 0.3) is 5.91 Å². The molecule has 0 aliphatic carbocycles. The van der Waals surface area contributed by atoms with E-state index in [0.717, 1.165) is 12.0 Å². The summed E-state index contributed by atoms with van der Waals surface area (Å²) in [4.78, 5) is 12.2. The van der Waals surface area contributed by atoms with Gasteiger partial charge in [-0.25, -0.2) is 0 Å². The highest BCUT2D eigenvalue weighted by molar-refractivity contribution is 5.94. The topological polar surface area (TPSA) is 55.1 Å². The van der Waals surface area contributed by atoms with E-state index in [2.05, 4.69) is 39.9 Å². The van der Waals surface area contributed by atoms with E-state index in [9.17, 15) is 4.79 Å². The first-order valence-corrected chi connectivity index (χ1v) is 6.74. The summed E-state index contributed by atoms with van der Waals surface area (Å²) in [7, 11) is 0. The van der Waals surface area contributed by atoms with E-state index in [4.69, 9.17) is 5.73 Å². The van der Waals surface area contributed by atoms with E-state index in [1.807, 2.05) is 24.3 Å². The maximum Gasteiger partial charge on any atom is 0.251 e. The van der Waals surface area contributed by atoms with E-state index in [-0.39, 0.29) is 16.9 Å². The molecule has 1 aromatic carbocycles. The molecular formula is C16H26N2O. The van der Waals surface area contributed by atoms with Crippen molar-refractivity contribution in [2.24, 2.45) is 11.1 Å². The molecule has 1 aromatic rings. The highest BCUT2D eigenvalue weighted by Crippen LogP contribution is 2.27. The molecule has 0 aliphatic rings. The van der Waals surface area contributed by atoms with Gasteiger partial charge in [0.15, 0.2) is 0 Å². The fraction of sp³-hybridized carbons (Fsp3) is 0.562. The van der Waals surface area contributed by atoms with Crippen LogP contribution in [0.2, 0.25) is 0 Å². The van der Waals surface area contributed by atoms with Gasteiger partial charge in [-0.05, 0) is 43.4 Å². The van der Waals surface area contributed by atoms with Crippen molar-refractivity contribution in [2.75, 3.05) is 0 Å². The van der Waals surface area contributed by atoms with Crippen molar-refractivity contribution in [1.82, 2.24) is 5.32 Å². The van der Waals surface area contributed by atoms with Gasteiger partial charge in [-0.2, -0.15) is 0 Å². The first-order valence-electron chi connectivity index (χ1n) is 6.74. The molecule has 106 valence electrons. The lowest BCUT2D eigenvalue weighted by Crippen LogP contribution is -2.45.